The molecular formula is C12H19ClN2O3S. The molecule has 0 aromatic heterocycles. The fraction of sp³-hybridized carbons (Fsp3) is 0.500. The van der Waals surface area contributed by atoms with Gasteiger partial charge in [0.05, 0.1) is 11.0 Å². The fourth-order valence-electron chi connectivity index (χ4n) is 1.63. The lowest BCUT2D eigenvalue weighted by Gasteiger charge is -2.23. The Morgan fingerprint density at radius 3 is 2.58 bits per heavy atom. The molecule has 0 aliphatic rings. The molecule has 1 atom stereocenters. The number of aryl methyl sites for hydroxylation is 1. The molecule has 0 spiro atoms. The predicted molar refractivity (Wildman–Crippen MR) is 75.7 cm³/mol. The normalized spacial score (nSPS) is 13.8. The van der Waals surface area contributed by atoms with Crippen LogP contribution in [0, 0.1) is 6.92 Å². The first-order chi connectivity index (χ1) is 8.82. The quantitative estimate of drug-likeness (QED) is 0.820. The van der Waals surface area contributed by atoms with Crippen molar-refractivity contribution in [1.82, 2.24) is 4.31 Å². The van der Waals surface area contributed by atoms with Crippen molar-refractivity contribution in [2.24, 2.45) is 5.73 Å². The van der Waals surface area contributed by atoms with Crippen molar-refractivity contribution < 1.29 is 13.5 Å². The highest BCUT2D eigenvalue weighted by atomic mass is 35.5. The van der Waals surface area contributed by atoms with E-state index in [2.05, 4.69) is 0 Å². The van der Waals surface area contributed by atoms with Gasteiger partial charge in [-0.3, -0.25) is 0 Å². The minimum absolute atomic E-state index is 0.0169. The number of benzene rings is 1. The Morgan fingerprint density at radius 2 is 2.11 bits per heavy atom. The highest BCUT2D eigenvalue weighted by molar-refractivity contribution is 7.89. The number of aliphatic hydroxyl groups is 1. The molecule has 5 nitrogen and oxygen atoms in total. The van der Waals surface area contributed by atoms with Crippen LogP contribution < -0.4 is 5.73 Å². The Balaban J connectivity index is 3.09. The molecule has 108 valence electrons. The zero-order valence-electron chi connectivity index (χ0n) is 11.0. The van der Waals surface area contributed by atoms with Crippen LogP contribution in [0.4, 0.5) is 0 Å². The number of nitrogens with zero attached hydrogens (tertiary/aromatic N) is 1. The van der Waals surface area contributed by atoms with E-state index in [0.717, 1.165) is 0 Å². The average molecular weight is 307 g/mol. The van der Waals surface area contributed by atoms with E-state index in [4.69, 9.17) is 17.3 Å². The molecule has 0 heterocycles. The molecule has 1 aromatic carbocycles. The van der Waals surface area contributed by atoms with Gasteiger partial charge in [0.1, 0.15) is 0 Å². The Bertz CT molecular complexity index is 534. The van der Waals surface area contributed by atoms with E-state index in [9.17, 15) is 13.5 Å². The molecule has 0 saturated heterocycles. The van der Waals surface area contributed by atoms with E-state index in [1.807, 2.05) is 0 Å². The lowest BCUT2D eigenvalue weighted by Crippen LogP contribution is -2.40. The second-order valence-corrected chi connectivity index (χ2v) is 6.60. The van der Waals surface area contributed by atoms with E-state index in [0.29, 0.717) is 10.6 Å². The topological polar surface area (TPSA) is 83.6 Å². The smallest absolute Gasteiger partial charge is 0.243 e. The first-order valence-electron chi connectivity index (χ1n) is 5.97. The summed E-state index contributed by atoms with van der Waals surface area (Å²) in [4.78, 5) is 0.167. The van der Waals surface area contributed by atoms with E-state index in [1.165, 1.54) is 16.4 Å². The summed E-state index contributed by atoms with van der Waals surface area (Å²) in [5.41, 5.74) is 6.00. The van der Waals surface area contributed by atoms with Gasteiger partial charge >= 0.3 is 0 Å². The third kappa shape index (κ3) is 3.90. The van der Waals surface area contributed by atoms with Crippen LogP contribution in [-0.2, 0) is 10.0 Å². The van der Waals surface area contributed by atoms with Crippen molar-refractivity contribution in [3.05, 3.63) is 28.8 Å². The molecule has 0 amide bonds. The van der Waals surface area contributed by atoms with Gasteiger partial charge in [-0.05, 0) is 30.7 Å². The zero-order chi connectivity index (χ0) is 14.6. The van der Waals surface area contributed by atoms with E-state index < -0.39 is 16.1 Å². The largest absolute Gasteiger partial charge is 0.390 e. The molecule has 1 rings (SSSR count). The summed E-state index contributed by atoms with van der Waals surface area (Å²) < 4.78 is 26.0. The van der Waals surface area contributed by atoms with Gasteiger partial charge in [-0.25, -0.2) is 8.42 Å². The summed E-state index contributed by atoms with van der Waals surface area (Å²) in [5.74, 6) is 0. The third-order valence-electron chi connectivity index (χ3n) is 2.81. The summed E-state index contributed by atoms with van der Waals surface area (Å²) in [6.07, 6.45) is -0.872. The van der Waals surface area contributed by atoms with Gasteiger partial charge in [-0.1, -0.05) is 18.5 Å². The van der Waals surface area contributed by atoms with Gasteiger partial charge in [-0.15, -0.1) is 0 Å². The minimum atomic E-state index is -3.64. The second kappa shape index (κ2) is 6.67. The molecular weight excluding hydrogens is 288 g/mol. The number of nitrogens with two attached hydrogens (primary N) is 1. The molecule has 0 aliphatic heterocycles. The van der Waals surface area contributed by atoms with Crippen LogP contribution in [0.5, 0.6) is 0 Å². The lowest BCUT2D eigenvalue weighted by atomic mass is 10.2. The fourth-order valence-corrected chi connectivity index (χ4v) is 3.32. The molecule has 0 bridgehead atoms. The van der Waals surface area contributed by atoms with Crippen molar-refractivity contribution >= 4 is 21.6 Å². The Hall–Kier alpha value is -0.660. The van der Waals surface area contributed by atoms with E-state index >= 15 is 0 Å². The summed E-state index contributed by atoms with van der Waals surface area (Å²) in [6, 6.07) is 4.54. The molecule has 0 saturated carbocycles. The van der Waals surface area contributed by atoms with Crippen LogP contribution in [0.2, 0.25) is 5.02 Å². The lowest BCUT2D eigenvalue weighted by molar-refractivity contribution is 0.154. The number of halogens is 1. The van der Waals surface area contributed by atoms with Crippen LogP contribution >= 0.6 is 11.6 Å². The summed E-state index contributed by atoms with van der Waals surface area (Å²) in [5, 5.41) is 10.0. The van der Waals surface area contributed by atoms with Crippen molar-refractivity contribution in [3.63, 3.8) is 0 Å². The molecule has 3 N–H and O–H groups in total. The van der Waals surface area contributed by atoms with Crippen molar-refractivity contribution in [2.75, 3.05) is 19.6 Å². The maximum Gasteiger partial charge on any atom is 0.243 e. The summed E-state index contributed by atoms with van der Waals surface area (Å²) in [6.45, 7) is 3.72. The van der Waals surface area contributed by atoms with Crippen LogP contribution in [0.25, 0.3) is 0 Å². The SMILES string of the molecule is CCN(C[C@@H](O)CN)S(=O)(=O)c1ccc(Cl)c(C)c1. The standard InChI is InChI=1S/C12H19ClN2O3S/c1-3-15(8-10(16)7-14)19(17,18)11-4-5-12(13)9(2)6-11/h4-6,10,16H,3,7-8,14H2,1-2H3/t10-/m0/s1. The molecule has 0 aliphatic carbocycles. The summed E-state index contributed by atoms with van der Waals surface area (Å²) in [7, 11) is -3.64. The molecule has 0 fully saturated rings. The van der Waals surface area contributed by atoms with Crippen LogP contribution in [0.15, 0.2) is 23.1 Å². The van der Waals surface area contributed by atoms with Gasteiger partial charge in [0.25, 0.3) is 0 Å². The number of hydrogen-bond acceptors (Lipinski definition) is 4. The first kappa shape index (κ1) is 16.4. The van der Waals surface area contributed by atoms with Crippen LogP contribution in [-0.4, -0.2) is 43.6 Å². The highest BCUT2D eigenvalue weighted by Crippen LogP contribution is 2.22. The highest BCUT2D eigenvalue weighted by Gasteiger charge is 2.25. The van der Waals surface area contributed by atoms with Crippen molar-refractivity contribution in [3.8, 4) is 0 Å². The first-order valence-corrected chi connectivity index (χ1v) is 7.79. The Labute approximate surface area is 119 Å². The maximum atomic E-state index is 12.4. The zero-order valence-corrected chi connectivity index (χ0v) is 12.6. The number of rotatable bonds is 6. The van der Waals surface area contributed by atoms with Crippen LogP contribution in [0.1, 0.15) is 12.5 Å². The average Bonchev–Trinajstić information content (AvgIpc) is 2.38. The van der Waals surface area contributed by atoms with Gasteiger partial charge in [0.2, 0.25) is 10.0 Å². The minimum Gasteiger partial charge on any atom is -0.390 e. The third-order valence-corrected chi connectivity index (χ3v) is 5.17. The van der Waals surface area contributed by atoms with Gasteiger partial charge < -0.3 is 10.8 Å². The van der Waals surface area contributed by atoms with Crippen molar-refractivity contribution in [2.45, 2.75) is 24.8 Å². The Kier molecular flexibility index (Phi) is 5.76. The van der Waals surface area contributed by atoms with Crippen LogP contribution in [0.3, 0.4) is 0 Å². The van der Waals surface area contributed by atoms with Gasteiger partial charge in [0.15, 0.2) is 0 Å². The number of sulfonamides is 1. The Morgan fingerprint density at radius 1 is 1.47 bits per heavy atom. The molecule has 0 radical (unpaired) electrons. The second-order valence-electron chi connectivity index (χ2n) is 4.26. The van der Waals surface area contributed by atoms with Gasteiger partial charge in [-0.2, -0.15) is 4.31 Å². The monoisotopic (exact) mass is 306 g/mol. The number of aliphatic hydroxyl groups excluding tert-OH is 1. The maximum absolute atomic E-state index is 12.4. The predicted octanol–water partition coefficient (Wildman–Crippen LogP) is 0.979. The molecule has 1 aromatic rings. The molecule has 7 heteroatoms. The molecule has 0 unspecified atom stereocenters. The van der Waals surface area contributed by atoms with Crippen molar-refractivity contribution in [1.29, 1.82) is 0 Å². The summed E-state index contributed by atoms with van der Waals surface area (Å²) >= 11 is 5.89. The number of hydrogen-bond donors (Lipinski definition) is 2. The van der Waals surface area contributed by atoms with E-state index in [-0.39, 0.29) is 24.5 Å². The molecule has 19 heavy (non-hydrogen) atoms. The number of likely N-dealkylation sites (N-methyl/N-ethyl adjacent to an activating group) is 1. The van der Waals surface area contributed by atoms with Gasteiger partial charge in [0, 0.05) is 24.7 Å². The van der Waals surface area contributed by atoms with E-state index in [1.54, 1.807) is 19.9 Å².